The molecule has 1 saturated heterocycles. The van der Waals surface area contributed by atoms with Crippen LogP contribution in [0.2, 0.25) is 0 Å². The average Bonchev–Trinajstić information content (AvgIpc) is 2.98. The maximum Gasteiger partial charge on any atom is 0.351 e. The number of benzene rings is 1. The predicted octanol–water partition coefficient (Wildman–Crippen LogP) is -0.0953. The van der Waals surface area contributed by atoms with Gasteiger partial charge in [0, 0.05) is 11.8 Å². The van der Waals surface area contributed by atoms with E-state index < -0.39 is 36.5 Å². The quantitative estimate of drug-likeness (QED) is 0.317. The summed E-state index contributed by atoms with van der Waals surface area (Å²) in [5, 5.41) is 42.5. The van der Waals surface area contributed by atoms with Gasteiger partial charge in [-0.3, -0.25) is 0 Å². The van der Waals surface area contributed by atoms with Gasteiger partial charge in [0.15, 0.2) is 6.23 Å². The summed E-state index contributed by atoms with van der Waals surface area (Å²) in [4.78, 5) is 16.0. The van der Waals surface area contributed by atoms with Crippen LogP contribution in [0.3, 0.4) is 0 Å². The predicted molar refractivity (Wildman–Crippen MR) is 104 cm³/mol. The molecule has 2 heterocycles. The molecule has 1 unspecified atom stereocenters. The minimum Gasteiger partial charge on any atom is -0.394 e. The molecule has 0 spiro atoms. The van der Waals surface area contributed by atoms with Gasteiger partial charge in [-0.2, -0.15) is 0 Å². The van der Waals surface area contributed by atoms with Crippen LogP contribution in [0.5, 0.6) is 0 Å². The van der Waals surface area contributed by atoms with Crippen LogP contribution in [0.15, 0.2) is 41.6 Å². The second-order valence-corrected chi connectivity index (χ2v) is 7.02. The van der Waals surface area contributed by atoms with Crippen LogP contribution in [0, 0.1) is 6.92 Å². The zero-order valence-corrected chi connectivity index (χ0v) is 16.1. The number of nitrogens with zero attached hydrogens (tertiary/aromatic N) is 3. The van der Waals surface area contributed by atoms with E-state index in [1.165, 1.54) is 0 Å². The Kier molecular flexibility index (Phi) is 6.31. The molecule has 4 atom stereocenters. The van der Waals surface area contributed by atoms with Crippen molar-refractivity contribution in [2.75, 3.05) is 12.3 Å². The molecule has 1 fully saturated rings. The molecular weight excluding hydrogens is 399 g/mol. The molecule has 162 valence electrons. The third-order valence-corrected chi connectivity index (χ3v) is 5.05. The van der Waals surface area contributed by atoms with E-state index in [4.69, 9.17) is 10.5 Å². The number of halogens is 1. The lowest BCUT2D eigenvalue weighted by Crippen LogP contribution is -2.59. The van der Waals surface area contributed by atoms with Gasteiger partial charge in [-0.1, -0.05) is 29.8 Å². The van der Waals surface area contributed by atoms with Crippen molar-refractivity contribution in [1.29, 1.82) is 0 Å². The average molecular weight is 422 g/mol. The molecule has 0 radical (unpaired) electrons. The monoisotopic (exact) mass is 422 g/mol. The number of aromatic nitrogens is 2. The fraction of sp³-hybridized carbons (Fsp3) is 0.368. The Bertz CT molecular complexity index is 982. The molecule has 10 nitrogen and oxygen atoms in total. The maximum atomic E-state index is 12.6. The number of hydrogen-bond donors (Lipinski definition) is 5. The summed E-state index contributed by atoms with van der Waals surface area (Å²) in [5.41, 5.74) is 3.96. The smallest absolute Gasteiger partial charge is 0.351 e. The van der Waals surface area contributed by atoms with Crippen LogP contribution in [0.1, 0.15) is 22.9 Å². The first kappa shape index (κ1) is 22.0. The Labute approximate surface area is 170 Å². The number of hydrogen-bond acceptors (Lipinski definition) is 9. The van der Waals surface area contributed by atoms with Gasteiger partial charge in [0.2, 0.25) is 5.72 Å². The summed E-state index contributed by atoms with van der Waals surface area (Å²) >= 11 is 0. The van der Waals surface area contributed by atoms with E-state index in [1.807, 2.05) is 6.92 Å². The van der Waals surface area contributed by atoms with Crippen LogP contribution in [-0.4, -0.2) is 59.7 Å². The summed E-state index contributed by atoms with van der Waals surface area (Å²) < 4.78 is 18.8. The van der Waals surface area contributed by atoms with Crippen molar-refractivity contribution in [2.45, 2.75) is 37.6 Å². The highest BCUT2D eigenvalue weighted by atomic mass is 19.1. The van der Waals surface area contributed by atoms with E-state index in [-0.39, 0.29) is 24.3 Å². The number of hydroxylamine groups is 2. The second kappa shape index (κ2) is 8.60. The third kappa shape index (κ3) is 3.74. The number of rotatable bonds is 6. The number of anilines is 1. The van der Waals surface area contributed by atoms with Crippen molar-refractivity contribution in [3.05, 3.63) is 64.0 Å². The minimum absolute atomic E-state index is 0.00742. The topological polar surface area (TPSA) is 154 Å². The first-order chi connectivity index (χ1) is 14.2. The summed E-state index contributed by atoms with van der Waals surface area (Å²) in [7, 11) is 0. The molecule has 30 heavy (non-hydrogen) atoms. The van der Waals surface area contributed by atoms with Gasteiger partial charge in [-0.25, -0.2) is 18.7 Å². The highest BCUT2D eigenvalue weighted by Crippen LogP contribution is 2.41. The van der Waals surface area contributed by atoms with Gasteiger partial charge < -0.3 is 31.0 Å². The Morgan fingerprint density at radius 2 is 2.07 bits per heavy atom. The first-order valence-electron chi connectivity index (χ1n) is 9.06. The second-order valence-electron chi connectivity index (χ2n) is 7.02. The minimum atomic E-state index is -2.59. The lowest BCUT2D eigenvalue weighted by atomic mass is 10.0. The number of aliphatic hydroxyl groups is 3. The molecule has 3 rings (SSSR count). The fourth-order valence-corrected chi connectivity index (χ4v) is 3.34. The molecule has 6 N–H and O–H groups in total. The molecule has 1 aliphatic rings. The third-order valence-electron chi connectivity index (χ3n) is 5.05. The van der Waals surface area contributed by atoms with E-state index in [0.29, 0.717) is 15.2 Å². The van der Waals surface area contributed by atoms with Gasteiger partial charge >= 0.3 is 5.69 Å². The number of nitrogens with two attached hydrogens (primary N) is 1. The van der Waals surface area contributed by atoms with E-state index in [9.17, 15) is 29.7 Å². The molecule has 1 aliphatic heterocycles. The molecule has 0 saturated carbocycles. The van der Waals surface area contributed by atoms with Gasteiger partial charge in [-0.15, -0.1) is 5.06 Å². The van der Waals surface area contributed by atoms with Crippen molar-refractivity contribution in [3.63, 3.8) is 0 Å². The summed E-state index contributed by atoms with van der Waals surface area (Å²) in [6, 6.07) is 7.00. The molecular formula is C19H23FN4O6. The standard InChI is InChI=1S/C19H23FN4O6/c1-11-2-4-12(5-3-11)9-23(29)19(28)15(26)14(10-25)30-17(19)24-16(21)13(6-7-20)8-22-18(24)27/h2-8,14-15,17,25-26,28-29H,9-10,21H2,1H3/b7-6+/t14-,15-,17?,19-/m1/s1. The van der Waals surface area contributed by atoms with Crippen LogP contribution in [0.25, 0.3) is 6.08 Å². The Hall–Kier alpha value is -2.67. The molecule has 0 bridgehead atoms. The van der Waals surface area contributed by atoms with E-state index >= 15 is 0 Å². The van der Waals surface area contributed by atoms with Crippen molar-refractivity contribution >= 4 is 11.9 Å². The zero-order valence-electron chi connectivity index (χ0n) is 16.1. The van der Waals surface area contributed by atoms with Gasteiger partial charge in [0.25, 0.3) is 0 Å². The van der Waals surface area contributed by atoms with Gasteiger partial charge in [0.1, 0.15) is 18.0 Å². The Balaban J connectivity index is 2.07. The van der Waals surface area contributed by atoms with Gasteiger partial charge in [0.05, 0.1) is 19.5 Å². The number of aryl methyl sites for hydroxylation is 1. The van der Waals surface area contributed by atoms with E-state index in [2.05, 4.69) is 4.98 Å². The summed E-state index contributed by atoms with van der Waals surface area (Å²) in [5.74, 6) is -0.318. The van der Waals surface area contributed by atoms with Crippen molar-refractivity contribution in [3.8, 4) is 0 Å². The largest absolute Gasteiger partial charge is 0.394 e. The van der Waals surface area contributed by atoms with Gasteiger partial charge in [-0.05, 0) is 18.6 Å². The molecule has 1 aromatic heterocycles. The maximum absolute atomic E-state index is 12.6. The molecule has 0 amide bonds. The SMILES string of the molecule is Cc1ccc(CN(O)[C@]2(O)C(n3c(N)c(/C=C/F)cnc3=O)O[C@H](CO)[C@H]2O)cc1. The molecule has 0 aliphatic carbocycles. The number of nitrogen functional groups attached to an aromatic ring is 1. The van der Waals surface area contributed by atoms with E-state index in [0.717, 1.165) is 17.8 Å². The lowest BCUT2D eigenvalue weighted by molar-refractivity contribution is -0.317. The Morgan fingerprint density at radius 3 is 2.67 bits per heavy atom. The highest BCUT2D eigenvalue weighted by Gasteiger charge is 2.60. The summed E-state index contributed by atoms with van der Waals surface area (Å²) in [6.45, 7) is 0.911. The fourth-order valence-electron chi connectivity index (χ4n) is 3.34. The van der Waals surface area contributed by atoms with Crippen LogP contribution in [0.4, 0.5) is 10.2 Å². The Morgan fingerprint density at radius 1 is 1.40 bits per heavy atom. The van der Waals surface area contributed by atoms with Crippen LogP contribution in [-0.2, 0) is 11.3 Å². The number of aliphatic hydroxyl groups excluding tert-OH is 2. The number of ether oxygens (including phenoxy) is 1. The van der Waals surface area contributed by atoms with Crippen molar-refractivity contribution in [1.82, 2.24) is 14.6 Å². The van der Waals surface area contributed by atoms with Crippen molar-refractivity contribution in [2.24, 2.45) is 0 Å². The normalized spacial score (nSPS) is 26.7. The van der Waals surface area contributed by atoms with E-state index in [1.54, 1.807) is 24.3 Å². The summed E-state index contributed by atoms with van der Waals surface area (Å²) in [6.07, 6.45) is -2.77. The zero-order chi connectivity index (χ0) is 22.1. The van der Waals surface area contributed by atoms with Crippen LogP contribution >= 0.6 is 0 Å². The van der Waals surface area contributed by atoms with Crippen LogP contribution < -0.4 is 11.4 Å². The highest BCUT2D eigenvalue weighted by molar-refractivity contribution is 5.59. The lowest BCUT2D eigenvalue weighted by Gasteiger charge is -2.38. The van der Waals surface area contributed by atoms with Crippen molar-refractivity contribution < 1.29 is 29.7 Å². The molecule has 2 aromatic rings. The molecule has 1 aromatic carbocycles. The first-order valence-corrected chi connectivity index (χ1v) is 9.06. The molecule has 11 heteroatoms.